The van der Waals surface area contributed by atoms with Gasteiger partial charge in [0.15, 0.2) is 5.65 Å². The zero-order valence-corrected chi connectivity index (χ0v) is 24.2. The molecule has 226 valence electrons. The molecule has 9 nitrogen and oxygen atoms in total. The van der Waals surface area contributed by atoms with Crippen LogP contribution in [0, 0.1) is 0 Å². The Bertz CT molecular complexity index is 1620. The second kappa shape index (κ2) is 11.9. The van der Waals surface area contributed by atoms with E-state index >= 15 is 0 Å². The van der Waals surface area contributed by atoms with Crippen LogP contribution in [0.2, 0.25) is 0 Å². The molecule has 0 saturated carbocycles. The van der Waals surface area contributed by atoms with E-state index in [-0.39, 0.29) is 43.1 Å². The number of ether oxygens (including phenoxy) is 1. The smallest absolute Gasteiger partial charge is 0.420 e. The number of anilines is 2. The minimum absolute atomic E-state index is 0.0502. The zero-order valence-electron chi connectivity index (χ0n) is 24.2. The fraction of sp³-hybridized carbons (Fsp3) is 0.355. The molecule has 0 unspecified atom stereocenters. The van der Waals surface area contributed by atoms with Crippen LogP contribution in [0.1, 0.15) is 47.8 Å². The molecule has 0 atom stereocenters. The highest BCUT2D eigenvalue weighted by Crippen LogP contribution is 2.42. The molecular formula is C31H33F3N6O3. The molecule has 0 spiro atoms. The van der Waals surface area contributed by atoms with Crippen molar-refractivity contribution in [1.29, 1.82) is 0 Å². The van der Waals surface area contributed by atoms with Crippen LogP contribution in [0.25, 0.3) is 11.2 Å². The number of carbonyl (C=O) groups excluding carboxylic acids is 2. The summed E-state index contributed by atoms with van der Waals surface area (Å²) >= 11 is 0. The van der Waals surface area contributed by atoms with Gasteiger partial charge in [0.2, 0.25) is 0 Å². The summed E-state index contributed by atoms with van der Waals surface area (Å²) in [6, 6.07) is 12.9. The van der Waals surface area contributed by atoms with E-state index in [1.54, 1.807) is 56.4 Å². The minimum atomic E-state index is -4.73. The van der Waals surface area contributed by atoms with E-state index in [1.165, 1.54) is 23.1 Å². The van der Waals surface area contributed by atoms with Crippen LogP contribution in [0.3, 0.4) is 0 Å². The van der Waals surface area contributed by atoms with E-state index in [2.05, 4.69) is 20.3 Å². The first-order chi connectivity index (χ1) is 20.4. The number of hydrogen-bond acceptors (Lipinski definition) is 6. The molecule has 2 amide bonds. The molecule has 0 radical (unpaired) electrons. The number of H-pyrrole nitrogens is 1. The predicted molar refractivity (Wildman–Crippen MR) is 157 cm³/mol. The summed E-state index contributed by atoms with van der Waals surface area (Å²) in [7, 11) is 0. The van der Waals surface area contributed by atoms with Crippen LogP contribution in [0.4, 0.5) is 29.3 Å². The number of amides is 2. The SMILES string of the molecule is CC(C)(C)OC(=O)N1CCN(c2cccc(NC(=O)c3cccc(CCc4cnc5nc[nH]c5c4)c3)c2C(F)(F)F)CC1. The Balaban J connectivity index is 1.29. The van der Waals surface area contributed by atoms with Gasteiger partial charge in [0.1, 0.15) is 11.2 Å². The van der Waals surface area contributed by atoms with E-state index in [0.717, 1.165) is 16.6 Å². The van der Waals surface area contributed by atoms with Gasteiger partial charge < -0.3 is 24.8 Å². The third-order valence-corrected chi connectivity index (χ3v) is 7.07. The summed E-state index contributed by atoms with van der Waals surface area (Å²) in [4.78, 5) is 40.1. The average molecular weight is 595 g/mol. The van der Waals surface area contributed by atoms with Crippen LogP contribution in [-0.4, -0.2) is 63.6 Å². The number of fused-ring (bicyclic) bond motifs is 1. The van der Waals surface area contributed by atoms with Gasteiger partial charge >= 0.3 is 12.3 Å². The van der Waals surface area contributed by atoms with Crippen molar-refractivity contribution >= 4 is 34.5 Å². The molecule has 0 bridgehead atoms. The number of aryl methyl sites for hydroxylation is 2. The summed E-state index contributed by atoms with van der Waals surface area (Å²) in [5.74, 6) is -0.639. The van der Waals surface area contributed by atoms with E-state index in [4.69, 9.17) is 4.74 Å². The molecule has 12 heteroatoms. The molecule has 1 aliphatic heterocycles. The van der Waals surface area contributed by atoms with Crippen LogP contribution in [-0.2, 0) is 23.8 Å². The lowest BCUT2D eigenvalue weighted by Gasteiger charge is -2.38. The molecule has 1 fully saturated rings. The highest BCUT2D eigenvalue weighted by atomic mass is 19.4. The van der Waals surface area contributed by atoms with Crippen molar-refractivity contribution in [2.75, 3.05) is 36.4 Å². The first kappa shape index (κ1) is 29.9. The molecule has 4 aromatic rings. The number of pyridine rings is 1. The number of imidazole rings is 1. The summed E-state index contributed by atoms with van der Waals surface area (Å²) in [5.41, 5.74) is 1.60. The predicted octanol–water partition coefficient (Wildman–Crippen LogP) is 6.07. The summed E-state index contributed by atoms with van der Waals surface area (Å²) in [6.45, 7) is 6.06. The number of halogens is 3. The molecule has 2 aromatic heterocycles. The van der Waals surface area contributed by atoms with Crippen LogP contribution in [0.15, 0.2) is 61.1 Å². The number of aromatic amines is 1. The highest BCUT2D eigenvalue weighted by molar-refractivity contribution is 6.05. The lowest BCUT2D eigenvalue weighted by Crippen LogP contribution is -2.50. The standard InChI is InChI=1S/C31H33F3N6O3/c1-30(2,3)43-29(42)40-14-12-39(13-15-40)25-9-5-8-23(26(25)31(32,33)34)38-28(41)22-7-4-6-20(16-22)10-11-21-17-24-27(35-18-21)37-19-36-24/h4-9,16-19H,10-15H2,1-3H3,(H,38,41)(H,35,36,37). The fourth-order valence-electron chi connectivity index (χ4n) is 5.02. The number of nitrogens with one attached hydrogen (secondary N) is 2. The lowest BCUT2D eigenvalue weighted by atomic mass is 10.0. The Morgan fingerprint density at radius 1 is 0.953 bits per heavy atom. The van der Waals surface area contributed by atoms with Crippen molar-refractivity contribution in [2.24, 2.45) is 0 Å². The van der Waals surface area contributed by atoms with Crippen molar-refractivity contribution in [3.05, 3.63) is 83.3 Å². The van der Waals surface area contributed by atoms with Gasteiger partial charge in [0.25, 0.3) is 5.91 Å². The van der Waals surface area contributed by atoms with Gasteiger partial charge in [-0.1, -0.05) is 18.2 Å². The van der Waals surface area contributed by atoms with Crippen LogP contribution < -0.4 is 10.2 Å². The number of rotatable bonds is 6. The molecule has 43 heavy (non-hydrogen) atoms. The number of carbonyl (C=O) groups is 2. The Hall–Kier alpha value is -4.61. The molecular weight excluding hydrogens is 561 g/mol. The zero-order chi connectivity index (χ0) is 30.8. The largest absolute Gasteiger partial charge is 0.444 e. The maximum absolute atomic E-state index is 14.4. The van der Waals surface area contributed by atoms with Gasteiger partial charge in [-0.15, -0.1) is 0 Å². The van der Waals surface area contributed by atoms with E-state index < -0.39 is 29.3 Å². The molecule has 2 N–H and O–H groups in total. The van der Waals surface area contributed by atoms with Crippen molar-refractivity contribution < 1.29 is 27.5 Å². The van der Waals surface area contributed by atoms with Gasteiger partial charge in [-0.25, -0.2) is 14.8 Å². The van der Waals surface area contributed by atoms with E-state index in [1.807, 2.05) is 12.1 Å². The Morgan fingerprint density at radius 3 is 2.40 bits per heavy atom. The fourth-order valence-corrected chi connectivity index (χ4v) is 5.02. The van der Waals surface area contributed by atoms with Crippen LogP contribution in [0.5, 0.6) is 0 Å². The molecule has 1 saturated heterocycles. The second-order valence-electron chi connectivity index (χ2n) is 11.4. The Kier molecular flexibility index (Phi) is 8.30. The number of hydrogen-bond donors (Lipinski definition) is 2. The average Bonchev–Trinajstić information content (AvgIpc) is 3.43. The van der Waals surface area contributed by atoms with Crippen molar-refractivity contribution in [3.63, 3.8) is 0 Å². The number of benzene rings is 2. The quantitative estimate of drug-likeness (QED) is 0.281. The van der Waals surface area contributed by atoms with E-state index in [9.17, 15) is 22.8 Å². The number of alkyl halides is 3. The summed E-state index contributed by atoms with van der Waals surface area (Å²) in [5, 5.41) is 2.49. The van der Waals surface area contributed by atoms with Gasteiger partial charge in [-0.3, -0.25) is 4.79 Å². The molecule has 2 aromatic carbocycles. The Morgan fingerprint density at radius 2 is 1.67 bits per heavy atom. The Labute approximate surface area is 247 Å². The third-order valence-electron chi connectivity index (χ3n) is 7.07. The molecule has 3 heterocycles. The monoisotopic (exact) mass is 594 g/mol. The summed E-state index contributed by atoms with van der Waals surface area (Å²) < 4.78 is 48.7. The normalized spacial score (nSPS) is 14.2. The van der Waals surface area contributed by atoms with Crippen molar-refractivity contribution in [1.82, 2.24) is 19.9 Å². The van der Waals surface area contributed by atoms with E-state index in [0.29, 0.717) is 18.5 Å². The van der Waals surface area contributed by atoms with Gasteiger partial charge in [-0.05, 0) is 75.1 Å². The highest BCUT2D eigenvalue weighted by Gasteiger charge is 2.39. The first-order valence-electron chi connectivity index (χ1n) is 14.0. The van der Waals surface area contributed by atoms with Gasteiger partial charge in [0.05, 0.1) is 23.2 Å². The van der Waals surface area contributed by atoms with Crippen molar-refractivity contribution in [2.45, 2.75) is 45.4 Å². The van der Waals surface area contributed by atoms with Crippen molar-refractivity contribution in [3.8, 4) is 0 Å². The van der Waals surface area contributed by atoms with Gasteiger partial charge in [-0.2, -0.15) is 13.2 Å². The second-order valence-corrected chi connectivity index (χ2v) is 11.4. The van der Waals surface area contributed by atoms with Gasteiger partial charge in [0, 0.05) is 37.9 Å². The third kappa shape index (κ3) is 7.25. The number of piperazine rings is 1. The molecule has 1 aliphatic rings. The topological polar surface area (TPSA) is 103 Å². The minimum Gasteiger partial charge on any atom is -0.444 e. The molecule has 0 aliphatic carbocycles. The first-order valence-corrected chi connectivity index (χ1v) is 14.0. The van der Waals surface area contributed by atoms with Crippen LogP contribution >= 0.6 is 0 Å². The maximum atomic E-state index is 14.4. The molecule has 5 rings (SSSR count). The number of aromatic nitrogens is 3. The number of nitrogens with zero attached hydrogens (tertiary/aromatic N) is 4. The summed E-state index contributed by atoms with van der Waals surface area (Å²) in [6.07, 6.45) is -0.622. The maximum Gasteiger partial charge on any atom is 0.420 e. The lowest BCUT2D eigenvalue weighted by molar-refractivity contribution is -0.136.